The topological polar surface area (TPSA) is 83.8 Å². The van der Waals surface area contributed by atoms with Gasteiger partial charge < -0.3 is 14.9 Å². The van der Waals surface area contributed by atoms with Gasteiger partial charge in [-0.1, -0.05) is 13.8 Å². The second-order valence-electron chi connectivity index (χ2n) is 10.7. The van der Waals surface area contributed by atoms with E-state index in [1.54, 1.807) is 0 Å². The molecule has 0 aromatic heterocycles. The van der Waals surface area contributed by atoms with Crippen LogP contribution in [-0.4, -0.2) is 39.8 Å². The molecule has 0 aromatic carbocycles. The van der Waals surface area contributed by atoms with Crippen LogP contribution in [0.3, 0.4) is 0 Å². The first-order valence-corrected chi connectivity index (χ1v) is 11.1. The summed E-state index contributed by atoms with van der Waals surface area (Å²) in [6.45, 7) is 7.38. The Bertz CT molecular complexity index is 676. The summed E-state index contributed by atoms with van der Waals surface area (Å²) in [6, 6.07) is 0. The molecule has 0 amide bonds. The molecule has 5 nitrogen and oxygen atoms in total. The van der Waals surface area contributed by atoms with E-state index in [9.17, 15) is 19.8 Å². The molecule has 4 fully saturated rings. The van der Waals surface area contributed by atoms with Gasteiger partial charge in [0.15, 0.2) is 11.4 Å². The molecule has 0 spiro atoms. The molecule has 0 unspecified atom stereocenters. The van der Waals surface area contributed by atoms with Crippen LogP contribution in [0.25, 0.3) is 0 Å². The SMILES string of the molecule is CC(=O)O[C@H]1CC[C@@]2(C)[C@@H](CC[C@@H]3[C@@H]2CC[C@@]2(C)[C@H]3C[C@@H](O)[C@@]2(O)C(C)=O)C1. The van der Waals surface area contributed by atoms with Crippen LogP contribution in [0.5, 0.6) is 0 Å². The summed E-state index contributed by atoms with van der Waals surface area (Å²) in [5.41, 5.74) is -1.91. The number of hydrogen-bond donors (Lipinski definition) is 2. The highest BCUT2D eigenvalue weighted by Crippen LogP contribution is 2.68. The first kappa shape index (κ1) is 20.3. The molecule has 0 bridgehead atoms. The average molecular weight is 393 g/mol. The maximum Gasteiger partial charge on any atom is 0.302 e. The Labute approximate surface area is 168 Å². The Kier molecular flexibility index (Phi) is 4.74. The van der Waals surface area contributed by atoms with E-state index in [0.29, 0.717) is 24.2 Å². The maximum atomic E-state index is 12.4. The fourth-order valence-corrected chi connectivity index (χ4v) is 8.22. The molecule has 0 saturated heterocycles. The van der Waals surface area contributed by atoms with Gasteiger partial charge in [0.1, 0.15) is 6.10 Å². The molecule has 4 saturated carbocycles. The molecule has 28 heavy (non-hydrogen) atoms. The molecule has 4 aliphatic carbocycles. The van der Waals surface area contributed by atoms with Gasteiger partial charge in [0.2, 0.25) is 0 Å². The molecular weight excluding hydrogens is 356 g/mol. The fraction of sp³-hybridized carbons (Fsp3) is 0.913. The van der Waals surface area contributed by atoms with E-state index >= 15 is 0 Å². The second kappa shape index (κ2) is 6.53. The summed E-state index contributed by atoms with van der Waals surface area (Å²) in [7, 11) is 0. The Morgan fingerprint density at radius 2 is 1.68 bits per heavy atom. The van der Waals surface area contributed by atoms with Crippen LogP contribution in [0.4, 0.5) is 0 Å². The predicted octanol–water partition coefficient (Wildman–Crippen LogP) is 3.25. The van der Waals surface area contributed by atoms with E-state index in [1.165, 1.54) is 13.8 Å². The number of Topliss-reactive ketones (excluding diaryl/α,β-unsaturated/α-hetero) is 1. The van der Waals surface area contributed by atoms with E-state index in [-0.39, 0.29) is 29.2 Å². The fourth-order valence-electron chi connectivity index (χ4n) is 8.22. The van der Waals surface area contributed by atoms with Crippen molar-refractivity contribution in [2.75, 3.05) is 0 Å². The predicted molar refractivity (Wildman–Crippen MR) is 104 cm³/mol. The van der Waals surface area contributed by atoms with Gasteiger partial charge in [-0.3, -0.25) is 9.59 Å². The summed E-state index contributed by atoms with van der Waals surface area (Å²) < 4.78 is 5.53. The molecule has 9 atom stereocenters. The Morgan fingerprint density at radius 3 is 2.32 bits per heavy atom. The van der Waals surface area contributed by atoms with Gasteiger partial charge in [-0.25, -0.2) is 0 Å². The maximum absolute atomic E-state index is 12.4. The molecule has 0 aliphatic heterocycles. The van der Waals surface area contributed by atoms with Crippen LogP contribution < -0.4 is 0 Å². The number of esters is 1. The van der Waals surface area contributed by atoms with Gasteiger partial charge in [0.25, 0.3) is 0 Å². The summed E-state index contributed by atoms with van der Waals surface area (Å²) >= 11 is 0. The third kappa shape index (κ3) is 2.57. The number of ether oxygens (including phenoxy) is 1. The lowest BCUT2D eigenvalue weighted by Crippen LogP contribution is -2.60. The van der Waals surface area contributed by atoms with E-state index in [2.05, 4.69) is 6.92 Å². The van der Waals surface area contributed by atoms with Gasteiger partial charge in [-0.2, -0.15) is 0 Å². The van der Waals surface area contributed by atoms with Crippen molar-refractivity contribution >= 4 is 11.8 Å². The number of hydrogen-bond acceptors (Lipinski definition) is 5. The normalized spacial score (nSPS) is 52.9. The van der Waals surface area contributed by atoms with Gasteiger partial charge in [0, 0.05) is 12.3 Å². The van der Waals surface area contributed by atoms with E-state index in [4.69, 9.17) is 4.74 Å². The van der Waals surface area contributed by atoms with Crippen molar-refractivity contribution in [3.8, 4) is 0 Å². The highest BCUT2D eigenvalue weighted by molar-refractivity contribution is 5.87. The quantitative estimate of drug-likeness (QED) is 0.705. The molecule has 4 aliphatic rings. The van der Waals surface area contributed by atoms with Crippen molar-refractivity contribution in [3.05, 3.63) is 0 Å². The minimum atomic E-state index is -1.60. The van der Waals surface area contributed by atoms with Crippen LogP contribution in [0.15, 0.2) is 0 Å². The highest BCUT2D eigenvalue weighted by Gasteiger charge is 2.69. The molecule has 2 N–H and O–H groups in total. The first-order valence-electron chi connectivity index (χ1n) is 11.1. The number of carbonyl (C=O) groups is 2. The van der Waals surface area contributed by atoms with Crippen molar-refractivity contribution < 1.29 is 24.5 Å². The number of rotatable bonds is 2. The molecule has 0 radical (unpaired) electrons. The lowest BCUT2D eigenvalue weighted by Gasteiger charge is -2.61. The van der Waals surface area contributed by atoms with Crippen molar-refractivity contribution in [1.29, 1.82) is 0 Å². The monoisotopic (exact) mass is 392 g/mol. The molecule has 4 rings (SSSR count). The third-order valence-corrected chi connectivity index (χ3v) is 9.71. The lowest BCUT2D eigenvalue weighted by atomic mass is 9.44. The van der Waals surface area contributed by atoms with E-state index in [1.807, 2.05) is 6.92 Å². The van der Waals surface area contributed by atoms with Crippen molar-refractivity contribution in [2.45, 2.75) is 96.9 Å². The minimum Gasteiger partial charge on any atom is -0.463 e. The summed E-state index contributed by atoms with van der Waals surface area (Å²) in [4.78, 5) is 23.8. The zero-order valence-electron chi connectivity index (χ0n) is 17.7. The largest absolute Gasteiger partial charge is 0.463 e. The van der Waals surface area contributed by atoms with Gasteiger partial charge in [0.05, 0.1) is 6.10 Å². The van der Waals surface area contributed by atoms with Gasteiger partial charge in [-0.05, 0) is 87.4 Å². The molecular formula is C23H36O5. The third-order valence-electron chi connectivity index (χ3n) is 9.71. The standard InChI is InChI=1S/C23H36O5/c1-13(24)23(27)20(26)12-19-17-6-5-15-11-16(28-14(2)25)7-9-21(15,3)18(17)8-10-22(19,23)4/h15-20,26-27H,5-12H2,1-4H3/t15-,16-,17+,18-,19-,20+,21-,22-,23-/m0/s1. The summed E-state index contributed by atoms with van der Waals surface area (Å²) in [6.07, 6.45) is 6.58. The van der Waals surface area contributed by atoms with Crippen LogP contribution >= 0.6 is 0 Å². The van der Waals surface area contributed by atoms with Gasteiger partial charge >= 0.3 is 5.97 Å². The molecule has 0 aromatic rings. The Morgan fingerprint density at radius 1 is 0.964 bits per heavy atom. The van der Waals surface area contributed by atoms with Crippen molar-refractivity contribution in [2.24, 2.45) is 34.5 Å². The summed E-state index contributed by atoms with van der Waals surface area (Å²) in [5, 5.41) is 21.9. The minimum absolute atomic E-state index is 0.0529. The van der Waals surface area contributed by atoms with Crippen LogP contribution in [-0.2, 0) is 14.3 Å². The number of fused-ring (bicyclic) bond motifs is 5. The zero-order valence-corrected chi connectivity index (χ0v) is 17.7. The number of aliphatic hydroxyl groups is 2. The smallest absolute Gasteiger partial charge is 0.302 e. The second-order valence-corrected chi connectivity index (χ2v) is 10.7. The first-order chi connectivity index (χ1) is 13.0. The highest BCUT2D eigenvalue weighted by atomic mass is 16.5. The number of carbonyl (C=O) groups excluding carboxylic acids is 2. The lowest BCUT2D eigenvalue weighted by molar-refractivity contribution is -0.183. The van der Waals surface area contributed by atoms with E-state index in [0.717, 1.165) is 44.9 Å². The molecule has 0 heterocycles. The molecule has 5 heteroatoms. The van der Waals surface area contributed by atoms with Crippen molar-refractivity contribution in [1.82, 2.24) is 0 Å². The summed E-state index contributed by atoms with van der Waals surface area (Å²) in [5.74, 6) is 1.30. The van der Waals surface area contributed by atoms with E-state index < -0.39 is 17.1 Å². The molecule has 158 valence electrons. The number of ketones is 1. The number of aliphatic hydroxyl groups excluding tert-OH is 1. The van der Waals surface area contributed by atoms with Crippen LogP contribution in [0, 0.1) is 34.5 Å². The average Bonchev–Trinajstić information content (AvgIpc) is 2.83. The Hall–Kier alpha value is -0.940. The van der Waals surface area contributed by atoms with Crippen molar-refractivity contribution in [3.63, 3.8) is 0 Å². The zero-order chi connectivity index (χ0) is 20.5. The van der Waals surface area contributed by atoms with Gasteiger partial charge in [-0.15, -0.1) is 0 Å². The van der Waals surface area contributed by atoms with Crippen LogP contribution in [0.1, 0.15) is 79.1 Å². The van der Waals surface area contributed by atoms with Crippen LogP contribution in [0.2, 0.25) is 0 Å². The Balaban J connectivity index is 1.59.